The summed E-state index contributed by atoms with van der Waals surface area (Å²) in [6.45, 7) is 3.76. The number of nitrogens with two attached hydrogens (primary N) is 1. The van der Waals surface area contributed by atoms with Crippen molar-refractivity contribution in [2.24, 2.45) is 5.14 Å². The highest BCUT2D eigenvalue weighted by Crippen LogP contribution is 2.30. The molecule has 1 aromatic carbocycles. The van der Waals surface area contributed by atoms with Gasteiger partial charge in [0.05, 0.1) is 23.7 Å². The highest BCUT2D eigenvalue weighted by atomic mass is 32.2. The molecule has 6 nitrogen and oxygen atoms in total. The Morgan fingerprint density at radius 1 is 1.29 bits per heavy atom. The zero-order valence-corrected chi connectivity index (χ0v) is 12.9. The Balaban J connectivity index is 2.33. The summed E-state index contributed by atoms with van der Waals surface area (Å²) in [7, 11) is -2.25. The van der Waals surface area contributed by atoms with Crippen LogP contribution in [0.5, 0.6) is 5.75 Å². The van der Waals surface area contributed by atoms with Crippen LogP contribution in [0, 0.1) is 6.92 Å². The summed E-state index contributed by atoms with van der Waals surface area (Å²) in [5.41, 5.74) is 0.533. The Bertz CT molecular complexity index is 737. The SMILES string of the molecule is COc1ccc(S(N)(=O)=O)cc1NC(C)c1ccc(C)o1. The number of nitrogens with one attached hydrogen (secondary N) is 1. The van der Waals surface area contributed by atoms with E-state index in [1.54, 1.807) is 6.07 Å². The average Bonchev–Trinajstić information content (AvgIpc) is 2.84. The van der Waals surface area contributed by atoms with Gasteiger partial charge in [0.2, 0.25) is 10.0 Å². The Morgan fingerprint density at radius 3 is 2.52 bits per heavy atom. The summed E-state index contributed by atoms with van der Waals surface area (Å²) in [4.78, 5) is 0.0219. The van der Waals surface area contributed by atoms with Crippen LogP contribution in [-0.4, -0.2) is 15.5 Å². The van der Waals surface area contributed by atoms with E-state index in [4.69, 9.17) is 14.3 Å². The number of rotatable bonds is 5. The van der Waals surface area contributed by atoms with Crippen molar-refractivity contribution in [3.8, 4) is 5.75 Å². The number of sulfonamides is 1. The monoisotopic (exact) mass is 310 g/mol. The van der Waals surface area contributed by atoms with E-state index in [-0.39, 0.29) is 10.9 Å². The molecule has 21 heavy (non-hydrogen) atoms. The second kappa shape index (κ2) is 5.79. The van der Waals surface area contributed by atoms with Gasteiger partial charge in [0.1, 0.15) is 17.3 Å². The predicted molar refractivity (Wildman–Crippen MR) is 79.8 cm³/mol. The van der Waals surface area contributed by atoms with E-state index in [0.29, 0.717) is 11.4 Å². The maximum atomic E-state index is 11.4. The summed E-state index contributed by atoms with van der Waals surface area (Å²) >= 11 is 0. The highest BCUT2D eigenvalue weighted by molar-refractivity contribution is 7.89. The minimum Gasteiger partial charge on any atom is -0.495 e. The van der Waals surface area contributed by atoms with Crippen molar-refractivity contribution >= 4 is 15.7 Å². The molecule has 0 fully saturated rings. The van der Waals surface area contributed by atoms with Gasteiger partial charge in [-0.3, -0.25) is 0 Å². The molecule has 0 saturated carbocycles. The summed E-state index contributed by atoms with van der Waals surface area (Å²) in [5.74, 6) is 2.08. The van der Waals surface area contributed by atoms with Crippen LogP contribution in [0.1, 0.15) is 24.5 Å². The minimum atomic E-state index is -3.77. The van der Waals surface area contributed by atoms with Crippen LogP contribution < -0.4 is 15.2 Å². The van der Waals surface area contributed by atoms with Gasteiger partial charge in [-0.2, -0.15) is 0 Å². The van der Waals surface area contributed by atoms with Crippen molar-refractivity contribution < 1.29 is 17.6 Å². The molecule has 0 bridgehead atoms. The topological polar surface area (TPSA) is 94.6 Å². The molecule has 0 aliphatic rings. The van der Waals surface area contributed by atoms with Gasteiger partial charge in [-0.1, -0.05) is 0 Å². The van der Waals surface area contributed by atoms with Gasteiger partial charge < -0.3 is 14.5 Å². The summed E-state index contributed by atoms with van der Waals surface area (Å²) in [5, 5.41) is 8.31. The number of furan rings is 1. The first-order chi connectivity index (χ1) is 9.81. The number of benzene rings is 1. The number of hydrogen-bond acceptors (Lipinski definition) is 5. The molecule has 2 rings (SSSR count). The normalized spacial score (nSPS) is 13.0. The third-order valence-corrected chi connectivity index (χ3v) is 3.97. The standard InChI is InChI=1S/C14H18N2O4S/c1-9-4-6-13(20-9)10(2)16-12-8-11(21(15,17)18)5-7-14(12)19-3/h4-8,10,16H,1-3H3,(H2,15,17,18). The molecule has 0 radical (unpaired) electrons. The Hall–Kier alpha value is -1.99. The molecule has 114 valence electrons. The summed E-state index contributed by atoms with van der Waals surface area (Å²) < 4.78 is 33.6. The van der Waals surface area contributed by atoms with Crippen LogP contribution >= 0.6 is 0 Å². The molecule has 1 unspecified atom stereocenters. The fourth-order valence-corrected chi connectivity index (χ4v) is 2.51. The molecule has 0 amide bonds. The first kappa shape index (κ1) is 15.4. The highest BCUT2D eigenvalue weighted by Gasteiger charge is 2.15. The summed E-state index contributed by atoms with van der Waals surface area (Å²) in [6, 6.07) is 7.99. The van der Waals surface area contributed by atoms with Crippen molar-refractivity contribution in [2.75, 3.05) is 12.4 Å². The van der Waals surface area contributed by atoms with Gasteiger partial charge >= 0.3 is 0 Å². The van der Waals surface area contributed by atoms with E-state index in [1.807, 2.05) is 26.0 Å². The lowest BCUT2D eigenvalue weighted by molar-refractivity contribution is 0.414. The molecule has 1 heterocycles. The fraction of sp³-hybridized carbons (Fsp3) is 0.286. The number of anilines is 1. The van der Waals surface area contributed by atoms with Crippen LogP contribution in [0.25, 0.3) is 0 Å². The van der Waals surface area contributed by atoms with Gasteiger partial charge in [0.25, 0.3) is 0 Å². The van der Waals surface area contributed by atoms with Crippen LogP contribution in [-0.2, 0) is 10.0 Å². The third-order valence-electron chi connectivity index (χ3n) is 3.06. The number of methoxy groups -OCH3 is 1. The fourth-order valence-electron chi connectivity index (χ4n) is 1.97. The van der Waals surface area contributed by atoms with Crippen LogP contribution in [0.3, 0.4) is 0 Å². The maximum Gasteiger partial charge on any atom is 0.238 e. The molecule has 0 aliphatic heterocycles. The first-order valence-electron chi connectivity index (χ1n) is 6.35. The number of aryl methyl sites for hydroxylation is 1. The van der Waals surface area contributed by atoms with Crippen molar-refractivity contribution in [2.45, 2.75) is 24.8 Å². The van der Waals surface area contributed by atoms with Gasteiger partial charge in [0, 0.05) is 0 Å². The molecule has 0 saturated heterocycles. The second-order valence-electron chi connectivity index (χ2n) is 4.72. The summed E-state index contributed by atoms with van der Waals surface area (Å²) in [6.07, 6.45) is 0. The smallest absolute Gasteiger partial charge is 0.238 e. The molecule has 1 aromatic heterocycles. The van der Waals surface area contributed by atoms with E-state index < -0.39 is 10.0 Å². The van der Waals surface area contributed by atoms with Gasteiger partial charge in [-0.15, -0.1) is 0 Å². The van der Waals surface area contributed by atoms with Crippen molar-refractivity contribution in [3.05, 3.63) is 41.9 Å². The van der Waals surface area contributed by atoms with Crippen LogP contribution in [0.2, 0.25) is 0 Å². The van der Waals surface area contributed by atoms with Gasteiger partial charge in [-0.05, 0) is 44.2 Å². The number of ether oxygens (including phenoxy) is 1. The van der Waals surface area contributed by atoms with Crippen molar-refractivity contribution in [1.82, 2.24) is 0 Å². The first-order valence-corrected chi connectivity index (χ1v) is 7.89. The van der Waals surface area contributed by atoms with Gasteiger partial charge in [0.15, 0.2) is 0 Å². The Morgan fingerprint density at radius 2 is 2.00 bits per heavy atom. The molecule has 3 N–H and O–H groups in total. The van der Waals surface area contributed by atoms with Crippen LogP contribution in [0.4, 0.5) is 5.69 Å². The lowest BCUT2D eigenvalue weighted by Crippen LogP contribution is -2.13. The predicted octanol–water partition coefficient (Wildman–Crippen LogP) is 2.42. The molecular formula is C14H18N2O4S. The van der Waals surface area contributed by atoms with E-state index in [9.17, 15) is 8.42 Å². The average molecular weight is 310 g/mol. The largest absolute Gasteiger partial charge is 0.495 e. The van der Waals surface area contributed by atoms with E-state index >= 15 is 0 Å². The van der Waals surface area contributed by atoms with Crippen LogP contribution in [0.15, 0.2) is 39.6 Å². The lowest BCUT2D eigenvalue weighted by atomic mass is 10.2. The zero-order valence-electron chi connectivity index (χ0n) is 12.1. The molecule has 0 spiro atoms. The Kier molecular flexibility index (Phi) is 4.24. The van der Waals surface area contributed by atoms with Gasteiger partial charge in [-0.25, -0.2) is 13.6 Å². The van der Waals surface area contributed by atoms with E-state index in [2.05, 4.69) is 5.32 Å². The zero-order chi connectivity index (χ0) is 15.6. The minimum absolute atomic E-state index is 0.0219. The van der Waals surface area contributed by atoms with E-state index in [0.717, 1.165) is 11.5 Å². The Labute approximate surface area is 124 Å². The lowest BCUT2D eigenvalue weighted by Gasteiger charge is -2.16. The molecule has 2 aromatic rings. The number of hydrogen-bond donors (Lipinski definition) is 2. The molecular weight excluding hydrogens is 292 g/mol. The maximum absolute atomic E-state index is 11.4. The number of primary sulfonamides is 1. The quantitative estimate of drug-likeness (QED) is 0.884. The van der Waals surface area contributed by atoms with Crippen molar-refractivity contribution in [3.63, 3.8) is 0 Å². The van der Waals surface area contributed by atoms with E-state index in [1.165, 1.54) is 19.2 Å². The molecule has 1 atom stereocenters. The molecule has 7 heteroatoms. The second-order valence-corrected chi connectivity index (χ2v) is 6.28. The molecule has 0 aliphatic carbocycles. The third kappa shape index (κ3) is 3.56. The van der Waals surface area contributed by atoms with Crippen molar-refractivity contribution in [1.29, 1.82) is 0 Å².